The molecule has 2 aromatic rings. The van der Waals surface area contributed by atoms with Crippen LogP contribution in [0.3, 0.4) is 0 Å². The molecule has 0 saturated heterocycles. The number of carbonyl (C=O) groups is 2. The highest BCUT2D eigenvalue weighted by molar-refractivity contribution is 5.95. The normalized spacial score (nSPS) is 9.48. The lowest BCUT2D eigenvalue weighted by Crippen LogP contribution is -2.23. The predicted molar refractivity (Wildman–Crippen MR) is 93.3 cm³/mol. The third kappa shape index (κ3) is 5.59. The Hall–Kier alpha value is -3.46. The molecule has 2 amide bonds. The Morgan fingerprint density at radius 3 is 2.56 bits per heavy atom. The molecule has 2 aromatic carbocycles. The van der Waals surface area contributed by atoms with Crippen LogP contribution in [-0.2, 0) is 4.79 Å². The summed E-state index contributed by atoms with van der Waals surface area (Å²) in [6.07, 6.45) is 0. The fourth-order valence-electron chi connectivity index (χ4n) is 1.97. The molecule has 6 heteroatoms. The van der Waals surface area contributed by atoms with Crippen molar-refractivity contribution in [1.29, 1.82) is 0 Å². The Bertz CT molecular complexity index is 807. The molecule has 0 saturated carbocycles. The van der Waals surface area contributed by atoms with Gasteiger partial charge in [0.05, 0.1) is 13.7 Å². The van der Waals surface area contributed by atoms with Gasteiger partial charge in [0.2, 0.25) is 0 Å². The number of ether oxygens (including phenoxy) is 2. The van der Waals surface area contributed by atoms with Gasteiger partial charge in [0.15, 0.2) is 18.1 Å². The van der Waals surface area contributed by atoms with Crippen molar-refractivity contribution in [3.05, 3.63) is 59.7 Å². The summed E-state index contributed by atoms with van der Waals surface area (Å²) in [5.74, 6) is 5.63. The van der Waals surface area contributed by atoms with E-state index in [1.807, 2.05) is 30.3 Å². The number of primary amides is 1. The molecule has 0 atom stereocenters. The summed E-state index contributed by atoms with van der Waals surface area (Å²) in [5, 5.41) is 2.71. The smallest absolute Gasteiger partial charge is 0.255 e. The van der Waals surface area contributed by atoms with E-state index in [0.29, 0.717) is 17.1 Å². The zero-order valence-electron chi connectivity index (χ0n) is 13.7. The molecule has 0 radical (unpaired) electrons. The Labute approximate surface area is 145 Å². The van der Waals surface area contributed by atoms with Crippen LogP contribution in [0.15, 0.2) is 48.5 Å². The summed E-state index contributed by atoms with van der Waals surface area (Å²) in [6, 6.07) is 14.1. The maximum absolute atomic E-state index is 12.2. The molecule has 3 N–H and O–H groups in total. The number of carbonyl (C=O) groups excluding carboxylic acids is 2. The first-order valence-corrected chi connectivity index (χ1v) is 7.51. The summed E-state index contributed by atoms with van der Waals surface area (Å²) in [6.45, 7) is -0.0487. The Morgan fingerprint density at radius 1 is 1.12 bits per heavy atom. The lowest BCUT2D eigenvalue weighted by Gasteiger charge is -2.11. The molecule has 0 unspecified atom stereocenters. The molecule has 6 nitrogen and oxygen atoms in total. The van der Waals surface area contributed by atoms with Gasteiger partial charge in [-0.15, -0.1) is 0 Å². The summed E-state index contributed by atoms with van der Waals surface area (Å²) in [7, 11) is 1.44. The van der Waals surface area contributed by atoms with Gasteiger partial charge < -0.3 is 20.5 Å². The molecule has 0 aromatic heterocycles. The van der Waals surface area contributed by atoms with E-state index in [9.17, 15) is 9.59 Å². The lowest BCUT2D eigenvalue weighted by atomic mass is 10.2. The summed E-state index contributed by atoms with van der Waals surface area (Å²) < 4.78 is 10.4. The van der Waals surface area contributed by atoms with Gasteiger partial charge in [0, 0.05) is 11.1 Å². The molecule has 0 spiro atoms. The Kier molecular flexibility index (Phi) is 6.43. The maximum Gasteiger partial charge on any atom is 0.255 e. The minimum Gasteiger partial charge on any atom is -0.493 e. The van der Waals surface area contributed by atoms with Crippen molar-refractivity contribution >= 4 is 11.8 Å². The molecule has 2 rings (SSSR count). The number of hydrogen-bond acceptors (Lipinski definition) is 4. The molecule has 0 fully saturated rings. The SMILES string of the molecule is COc1cc(C(=O)NCC#Cc2ccccc2)ccc1OCC(N)=O. The van der Waals surface area contributed by atoms with Crippen molar-refractivity contribution in [2.24, 2.45) is 5.73 Å². The van der Waals surface area contributed by atoms with E-state index in [-0.39, 0.29) is 19.1 Å². The fourth-order valence-corrected chi connectivity index (χ4v) is 1.97. The van der Waals surface area contributed by atoms with Crippen LogP contribution in [0.1, 0.15) is 15.9 Å². The van der Waals surface area contributed by atoms with E-state index >= 15 is 0 Å². The quantitative estimate of drug-likeness (QED) is 0.778. The number of methoxy groups -OCH3 is 1. The van der Waals surface area contributed by atoms with Crippen molar-refractivity contribution in [2.75, 3.05) is 20.3 Å². The van der Waals surface area contributed by atoms with Crippen LogP contribution >= 0.6 is 0 Å². The Balaban J connectivity index is 1.97. The van der Waals surface area contributed by atoms with Gasteiger partial charge in [0.1, 0.15) is 0 Å². The summed E-state index contributed by atoms with van der Waals surface area (Å²) >= 11 is 0. The molecule has 25 heavy (non-hydrogen) atoms. The van der Waals surface area contributed by atoms with Crippen molar-refractivity contribution in [3.63, 3.8) is 0 Å². The molecule has 0 aliphatic rings. The van der Waals surface area contributed by atoms with Gasteiger partial charge in [-0.05, 0) is 30.3 Å². The minimum atomic E-state index is -0.596. The monoisotopic (exact) mass is 338 g/mol. The number of nitrogens with two attached hydrogens (primary N) is 1. The van der Waals surface area contributed by atoms with Gasteiger partial charge >= 0.3 is 0 Å². The maximum atomic E-state index is 12.2. The third-order valence-electron chi connectivity index (χ3n) is 3.14. The van der Waals surface area contributed by atoms with Crippen molar-refractivity contribution in [3.8, 4) is 23.3 Å². The second-order valence-electron chi connectivity index (χ2n) is 4.97. The third-order valence-corrected chi connectivity index (χ3v) is 3.14. The highest BCUT2D eigenvalue weighted by Crippen LogP contribution is 2.27. The highest BCUT2D eigenvalue weighted by Gasteiger charge is 2.11. The molecular formula is C19H18N2O4. The van der Waals surface area contributed by atoms with Gasteiger partial charge in [-0.2, -0.15) is 0 Å². The molecule has 0 aliphatic heterocycles. The first kappa shape index (κ1) is 17.9. The molecule has 128 valence electrons. The van der Waals surface area contributed by atoms with Gasteiger partial charge in [-0.25, -0.2) is 0 Å². The summed E-state index contributed by atoms with van der Waals surface area (Å²) in [4.78, 5) is 22.9. The highest BCUT2D eigenvalue weighted by atomic mass is 16.5. The van der Waals surface area contributed by atoms with Crippen LogP contribution in [0.5, 0.6) is 11.5 Å². The van der Waals surface area contributed by atoms with Gasteiger partial charge in [-0.1, -0.05) is 30.0 Å². The number of benzene rings is 2. The standard InChI is InChI=1S/C19H18N2O4/c1-24-17-12-15(9-10-16(17)25-13-18(20)22)19(23)21-11-5-8-14-6-3-2-4-7-14/h2-4,6-7,9-10,12H,11,13H2,1H3,(H2,20,22)(H,21,23). The molecule has 0 heterocycles. The second kappa shape index (κ2) is 8.99. The number of rotatable bonds is 6. The zero-order chi connectivity index (χ0) is 18.1. The minimum absolute atomic E-state index is 0.218. The van der Waals surface area contributed by atoms with Crippen LogP contribution in [-0.4, -0.2) is 32.1 Å². The first-order valence-electron chi connectivity index (χ1n) is 7.51. The van der Waals surface area contributed by atoms with Crippen molar-refractivity contribution in [1.82, 2.24) is 5.32 Å². The van der Waals surface area contributed by atoms with E-state index < -0.39 is 5.91 Å². The van der Waals surface area contributed by atoms with Crippen LogP contribution in [0, 0.1) is 11.8 Å². The van der Waals surface area contributed by atoms with Crippen LogP contribution in [0.25, 0.3) is 0 Å². The predicted octanol–water partition coefficient (Wildman–Crippen LogP) is 1.34. The average molecular weight is 338 g/mol. The van der Waals surface area contributed by atoms with E-state index in [4.69, 9.17) is 15.2 Å². The topological polar surface area (TPSA) is 90.7 Å². The first-order chi connectivity index (χ1) is 12.1. The Morgan fingerprint density at radius 2 is 1.88 bits per heavy atom. The number of hydrogen-bond donors (Lipinski definition) is 2. The van der Waals surface area contributed by atoms with Crippen LogP contribution < -0.4 is 20.5 Å². The average Bonchev–Trinajstić information content (AvgIpc) is 2.64. The number of nitrogens with one attached hydrogen (secondary N) is 1. The van der Waals surface area contributed by atoms with Gasteiger partial charge in [0.25, 0.3) is 11.8 Å². The van der Waals surface area contributed by atoms with Crippen molar-refractivity contribution in [2.45, 2.75) is 0 Å². The van der Waals surface area contributed by atoms with E-state index in [0.717, 1.165) is 5.56 Å². The van der Waals surface area contributed by atoms with Gasteiger partial charge in [-0.3, -0.25) is 9.59 Å². The fraction of sp³-hybridized carbons (Fsp3) is 0.158. The molecule has 0 bridgehead atoms. The summed E-state index contributed by atoms with van der Waals surface area (Å²) in [5.41, 5.74) is 6.32. The largest absolute Gasteiger partial charge is 0.493 e. The molecular weight excluding hydrogens is 320 g/mol. The van der Waals surface area contributed by atoms with E-state index in [1.54, 1.807) is 12.1 Å². The van der Waals surface area contributed by atoms with Crippen LogP contribution in [0.2, 0.25) is 0 Å². The van der Waals surface area contributed by atoms with E-state index in [2.05, 4.69) is 17.2 Å². The van der Waals surface area contributed by atoms with Crippen molar-refractivity contribution < 1.29 is 19.1 Å². The number of amides is 2. The van der Waals surface area contributed by atoms with E-state index in [1.165, 1.54) is 13.2 Å². The van der Waals surface area contributed by atoms with Crippen LogP contribution in [0.4, 0.5) is 0 Å². The molecule has 0 aliphatic carbocycles. The zero-order valence-corrected chi connectivity index (χ0v) is 13.7. The lowest BCUT2D eigenvalue weighted by molar-refractivity contribution is -0.119. The second-order valence-corrected chi connectivity index (χ2v) is 4.97.